The highest BCUT2D eigenvalue weighted by Crippen LogP contribution is 2.12. The van der Waals surface area contributed by atoms with E-state index in [2.05, 4.69) is 12.2 Å². The van der Waals surface area contributed by atoms with Gasteiger partial charge >= 0.3 is 5.97 Å². The molecule has 1 atom stereocenters. The molecule has 0 spiro atoms. The van der Waals surface area contributed by atoms with Crippen molar-refractivity contribution in [1.82, 2.24) is 5.32 Å². The average Bonchev–Trinajstić information content (AvgIpc) is 2.56. The predicted molar refractivity (Wildman–Crippen MR) is 94.9 cm³/mol. The minimum atomic E-state index is -1.44. The molecule has 0 aromatic rings. The molecule has 146 valence electrons. The first-order valence-corrected chi connectivity index (χ1v) is 9.69. The summed E-state index contributed by atoms with van der Waals surface area (Å²) >= 11 is 0. The maximum absolute atomic E-state index is 11.7. The van der Waals surface area contributed by atoms with Crippen LogP contribution in [0.4, 0.5) is 0 Å². The van der Waals surface area contributed by atoms with E-state index in [0.29, 0.717) is 0 Å². The molecule has 1 unspecified atom stereocenters. The van der Waals surface area contributed by atoms with Crippen LogP contribution in [0.2, 0.25) is 0 Å². The standard InChI is InChI=1S/C19H35NO5/c1-2-3-4-5-6-7-8-9-10-11-12-13-17(21)20-16(19(24)25)14-15-18(22)23/h16H,2-15H2,1H3,(H,20,21)(H,22,23)(H,24,25)/p-1. The zero-order valence-electron chi connectivity index (χ0n) is 15.6. The van der Waals surface area contributed by atoms with E-state index in [1.54, 1.807) is 0 Å². The Balaban J connectivity index is 3.58. The van der Waals surface area contributed by atoms with Gasteiger partial charge in [0.05, 0.1) is 12.0 Å². The summed E-state index contributed by atoms with van der Waals surface area (Å²) in [5.74, 6) is -2.88. The van der Waals surface area contributed by atoms with Crippen molar-refractivity contribution in [3.8, 4) is 0 Å². The quantitative estimate of drug-likeness (QED) is 0.390. The maximum Gasteiger partial charge on any atom is 0.303 e. The summed E-state index contributed by atoms with van der Waals surface area (Å²) in [5, 5.41) is 21.8. The largest absolute Gasteiger partial charge is 0.548 e. The second-order valence-corrected chi connectivity index (χ2v) is 6.66. The van der Waals surface area contributed by atoms with Gasteiger partial charge in [-0.25, -0.2) is 0 Å². The molecule has 0 bridgehead atoms. The number of carbonyl (C=O) groups excluding carboxylic acids is 2. The molecule has 0 saturated heterocycles. The molecule has 25 heavy (non-hydrogen) atoms. The van der Waals surface area contributed by atoms with Crippen molar-refractivity contribution in [1.29, 1.82) is 0 Å². The van der Waals surface area contributed by atoms with Crippen LogP contribution in [0, 0.1) is 0 Å². The Labute approximate surface area is 151 Å². The molecule has 0 aliphatic carbocycles. The van der Waals surface area contributed by atoms with E-state index in [4.69, 9.17) is 5.11 Å². The van der Waals surface area contributed by atoms with Crippen LogP contribution in [-0.2, 0) is 14.4 Å². The minimum Gasteiger partial charge on any atom is -0.548 e. The van der Waals surface area contributed by atoms with Crippen molar-refractivity contribution in [2.45, 2.75) is 103 Å². The van der Waals surface area contributed by atoms with Gasteiger partial charge in [0.1, 0.15) is 0 Å². The van der Waals surface area contributed by atoms with Gasteiger partial charge in [0.15, 0.2) is 0 Å². The number of rotatable bonds is 17. The van der Waals surface area contributed by atoms with Crippen molar-refractivity contribution in [2.75, 3.05) is 0 Å². The monoisotopic (exact) mass is 356 g/mol. The number of carboxylic acids is 2. The lowest BCUT2D eigenvalue weighted by molar-refractivity contribution is -0.308. The average molecular weight is 356 g/mol. The first kappa shape index (κ1) is 23.4. The molecule has 0 aliphatic heterocycles. The van der Waals surface area contributed by atoms with E-state index in [-0.39, 0.29) is 25.2 Å². The Kier molecular flexibility index (Phi) is 14.9. The SMILES string of the molecule is CCCCCCCCCCCCCC(=O)NC(CCC(=O)O)C(=O)[O-]. The van der Waals surface area contributed by atoms with Crippen LogP contribution in [0.15, 0.2) is 0 Å². The topological polar surface area (TPSA) is 107 Å². The van der Waals surface area contributed by atoms with Crippen LogP contribution in [-0.4, -0.2) is 29.0 Å². The Morgan fingerprint density at radius 2 is 1.32 bits per heavy atom. The summed E-state index contributed by atoms with van der Waals surface area (Å²) in [6, 6.07) is -1.23. The second-order valence-electron chi connectivity index (χ2n) is 6.66. The Morgan fingerprint density at radius 3 is 1.76 bits per heavy atom. The molecule has 2 N–H and O–H groups in total. The predicted octanol–water partition coefficient (Wildman–Crippen LogP) is 2.79. The van der Waals surface area contributed by atoms with Crippen molar-refractivity contribution in [3.63, 3.8) is 0 Å². The van der Waals surface area contributed by atoms with Gasteiger partial charge in [0, 0.05) is 12.8 Å². The molecular weight excluding hydrogens is 322 g/mol. The van der Waals surface area contributed by atoms with E-state index in [1.807, 2.05) is 0 Å². The van der Waals surface area contributed by atoms with Gasteiger partial charge in [0.2, 0.25) is 5.91 Å². The van der Waals surface area contributed by atoms with Crippen LogP contribution in [0.1, 0.15) is 96.8 Å². The number of amides is 1. The molecule has 0 saturated carbocycles. The fourth-order valence-electron chi connectivity index (χ4n) is 2.73. The van der Waals surface area contributed by atoms with E-state index < -0.39 is 18.0 Å². The van der Waals surface area contributed by atoms with Gasteiger partial charge in [-0.1, -0.05) is 71.1 Å². The van der Waals surface area contributed by atoms with E-state index in [0.717, 1.165) is 19.3 Å². The smallest absolute Gasteiger partial charge is 0.303 e. The molecule has 0 aromatic carbocycles. The number of hydrogen-bond donors (Lipinski definition) is 2. The molecular formula is C19H34NO5-. The first-order chi connectivity index (χ1) is 12.0. The summed E-state index contributed by atoms with van der Waals surface area (Å²) in [7, 11) is 0. The lowest BCUT2D eigenvalue weighted by Crippen LogP contribution is -2.48. The molecule has 6 heteroatoms. The summed E-state index contributed by atoms with van der Waals surface area (Å²) in [6.07, 6.45) is 12.8. The summed E-state index contributed by atoms with van der Waals surface area (Å²) in [5.41, 5.74) is 0. The van der Waals surface area contributed by atoms with Gasteiger partial charge < -0.3 is 20.3 Å². The lowest BCUT2D eigenvalue weighted by Gasteiger charge is -2.18. The molecule has 0 heterocycles. The highest BCUT2D eigenvalue weighted by Gasteiger charge is 2.14. The summed E-state index contributed by atoms with van der Waals surface area (Å²) in [6.45, 7) is 2.22. The molecule has 0 radical (unpaired) electrons. The van der Waals surface area contributed by atoms with Crippen LogP contribution in [0.25, 0.3) is 0 Å². The Hall–Kier alpha value is -1.59. The third-order valence-corrected chi connectivity index (χ3v) is 4.27. The number of carbonyl (C=O) groups is 3. The van der Waals surface area contributed by atoms with Gasteiger partial charge in [-0.15, -0.1) is 0 Å². The molecule has 0 rings (SSSR count). The van der Waals surface area contributed by atoms with Crippen molar-refractivity contribution < 1.29 is 24.6 Å². The van der Waals surface area contributed by atoms with Crippen molar-refractivity contribution in [2.24, 2.45) is 0 Å². The first-order valence-electron chi connectivity index (χ1n) is 9.69. The number of carboxylic acid groups (broad SMARTS) is 2. The number of nitrogens with one attached hydrogen (secondary N) is 1. The second kappa shape index (κ2) is 15.9. The van der Waals surface area contributed by atoms with Crippen molar-refractivity contribution >= 4 is 17.8 Å². The fourth-order valence-corrected chi connectivity index (χ4v) is 2.73. The number of aliphatic carboxylic acids is 2. The Bertz CT molecular complexity index is 384. The van der Waals surface area contributed by atoms with Crippen LogP contribution in [0.5, 0.6) is 0 Å². The zero-order chi connectivity index (χ0) is 18.9. The number of unbranched alkanes of at least 4 members (excludes halogenated alkanes) is 10. The molecule has 0 fully saturated rings. The number of hydrogen-bond acceptors (Lipinski definition) is 4. The molecule has 6 nitrogen and oxygen atoms in total. The van der Waals surface area contributed by atoms with Crippen LogP contribution in [0.3, 0.4) is 0 Å². The maximum atomic E-state index is 11.7. The molecule has 0 aromatic heterocycles. The molecule has 0 aliphatic rings. The van der Waals surface area contributed by atoms with Crippen LogP contribution >= 0.6 is 0 Å². The highest BCUT2D eigenvalue weighted by molar-refractivity contribution is 5.83. The highest BCUT2D eigenvalue weighted by atomic mass is 16.4. The van der Waals surface area contributed by atoms with Gasteiger partial charge in [-0.2, -0.15) is 0 Å². The van der Waals surface area contributed by atoms with Gasteiger partial charge in [-0.3, -0.25) is 9.59 Å². The van der Waals surface area contributed by atoms with E-state index in [1.165, 1.54) is 51.4 Å². The van der Waals surface area contributed by atoms with Gasteiger partial charge in [-0.05, 0) is 12.8 Å². The van der Waals surface area contributed by atoms with E-state index in [9.17, 15) is 19.5 Å². The van der Waals surface area contributed by atoms with Crippen LogP contribution < -0.4 is 10.4 Å². The fraction of sp³-hybridized carbons (Fsp3) is 0.842. The molecule has 1 amide bonds. The third kappa shape index (κ3) is 15.7. The zero-order valence-corrected chi connectivity index (χ0v) is 15.6. The third-order valence-electron chi connectivity index (χ3n) is 4.27. The minimum absolute atomic E-state index is 0.151. The van der Waals surface area contributed by atoms with Crippen molar-refractivity contribution in [3.05, 3.63) is 0 Å². The Morgan fingerprint density at radius 1 is 0.840 bits per heavy atom. The van der Waals surface area contributed by atoms with Gasteiger partial charge in [0.25, 0.3) is 0 Å². The van der Waals surface area contributed by atoms with E-state index >= 15 is 0 Å². The normalized spacial score (nSPS) is 11.9. The summed E-state index contributed by atoms with van der Waals surface area (Å²) < 4.78 is 0. The lowest BCUT2D eigenvalue weighted by atomic mass is 10.0. The summed E-state index contributed by atoms with van der Waals surface area (Å²) in [4.78, 5) is 33.1.